The molecule has 39 heavy (non-hydrogen) atoms. The van der Waals surface area contributed by atoms with Crippen LogP contribution in [0.2, 0.25) is 5.02 Å². The van der Waals surface area contributed by atoms with Gasteiger partial charge in [-0.25, -0.2) is 0 Å². The zero-order valence-corrected chi connectivity index (χ0v) is 23.5. The van der Waals surface area contributed by atoms with Crippen LogP contribution in [-0.4, -0.2) is 57.7 Å². The molecule has 200 valence electrons. The molecule has 5 rings (SSSR count). The molecular formula is C29H30ClN7OS. The van der Waals surface area contributed by atoms with E-state index in [2.05, 4.69) is 30.5 Å². The predicted octanol–water partition coefficient (Wildman–Crippen LogP) is 6.07. The molecule has 0 atom stereocenters. The minimum absolute atomic E-state index is 0.0623. The monoisotopic (exact) mass is 559 g/mol. The number of nitrogens with zero attached hydrogens (tertiary/aromatic N) is 5. The molecule has 2 heterocycles. The van der Waals surface area contributed by atoms with Crippen molar-refractivity contribution in [2.75, 3.05) is 47.5 Å². The first-order chi connectivity index (χ1) is 18.9. The van der Waals surface area contributed by atoms with E-state index in [1.54, 1.807) is 0 Å². The van der Waals surface area contributed by atoms with Crippen molar-refractivity contribution in [2.45, 2.75) is 19.0 Å². The Morgan fingerprint density at radius 3 is 1.92 bits per heavy atom. The summed E-state index contributed by atoms with van der Waals surface area (Å²) in [5.74, 6) is 1.13. The van der Waals surface area contributed by atoms with Crippen molar-refractivity contribution in [1.82, 2.24) is 19.9 Å². The average Bonchev–Trinajstić information content (AvgIpc) is 2.94. The molecule has 1 saturated heterocycles. The first-order valence-electron chi connectivity index (χ1n) is 12.8. The lowest BCUT2D eigenvalue weighted by Gasteiger charge is -2.36. The molecule has 1 aliphatic rings. The van der Waals surface area contributed by atoms with Crippen LogP contribution < -0.4 is 15.5 Å². The van der Waals surface area contributed by atoms with Gasteiger partial charge in [-0.1, -0.05) is 64.8 Å². The normalized spacial score (nSPS) is 13.3. The molecular weight excluding hydrogens is 530 g/mol. The molecule has 0 spiro atoms. The van der Waals surface area contributed by atoms with Crippen LogP contribution in [-0.2, 0) is 4.79 Å². The van der Waals surface area contributed by atoms with Crippen LogP contribution in [0.3, 0.4) is 0 Å². The number of benzene rings is 3. The molecule has 1 aromatic heterocycles. The Kier molecular flexibility index (Phi) is 8.48. The third-order valence-corrected chi connectivity index (χ3v) is 7.43. The highest BCUT2D eigenvalue weighted by Gasteiger charge is 2.22. The van der Waals surface area contributed by atoms with Crippen LogP contribution in [0.5, 0.6) is 0 Å². The minimum Gasteiger partial charge on any atom is -0.368 e. The van der Waals surface area contributed by atoms with Gasteiger partial charge in [0.2, 0.25) is 17.8 Å². The number of carbonyl (C=O) groups is 1. The summed E-state index contributed by atoms with van der Waals surface area (Å²) in [5.41, 5.74) is 5.16. The zero-order chi connectivity index (χ0) is 27.2. The Bertz CT molecular complexity index is 1360. The number of piperazine rings is 1. The fourth-order valence-electron chi connectivity index (χ4n) is 4.17. The van der Waals surface area contributed by atoms with Crippen molar-refractivity contribution < 1.29 is 4.79 Å². The van der Waals surface area contributed by atoms with Crippen LogP contribution in [0, 0.1) is 13.8 Å². The molecule has 8 nitrogen and oxygen atoms in total. The first kappa shape index (κ1) is 26.8. The van der Waals surface area contributed by atoms with Gasteiger partial charge < -0.3 is 20.4 Å². The SMILES string of the molecule is Cc1ccc(Nc2nc(Nc3ccc(C)cc3)nc(SCC(=O)N3CCN(c4cccc(Cl)c4)CC3)n2)cc1. The van der Waals surface area contributed by atoms with Gasteiger partial charge in [0.15, 0.2) is 5.16 Å². The van der Waals surface area contributed by atoms with Gasteiger partial charge in [0.25, 0.3) is 0 Å². The summed E-state index contributed by atoms with van der Waals surface area (Å²) in [4.78, 5) is 30.9. The number of hydrogen-bond acceptors (Lipinski definition) is 8. The molecule has 0 aliphatic carbocycles. The topological polar surface area (TPSA) is 86.3 Å². The zero-order valence-electron chi connectivity index (χ0n) is 21.9. The van der Waals surface area contributed by atoms with E-state index < -0.39 is 0 Å². The van der Waals surface area contributed by atoms with Crippen molar-refractivity contribution in [1.29, 1.82) is 0 Å². The second kappa shape index (κ2) is 12.4. The van der Waals surface area contributed by atoms with Crippen LogP contribution >= 0.6 is 23.4 Å². The van der Waals surface area contributed by atoms with Gasteiger partial charge in [-0.2, -0.15) is 15.0 Å². The van der Waals surface area contributed by atoms with E-state index >= 15 is 0 Å². The highest BCUT2D eigenvalue weighted by Crippen LogP contribution is 2.24. The fraction of sp³-hybridized carbons (Fsp3) is 0.241. The Balaban J connectivity index is 1.25. The number of thioether (sulfide) groups is 1. The van der Waals surface area contributed by atoms with E-state index in [0.29, 0.717) is 35.2 Å². The van der Waals surface area contributed by atoms with Gasteiger partial charge in [0.1, 0.15) is 0 Å². The van der Waals surface area contributed by atoms with Crippen molar-refractivity contribution >= 4 is 58.2 Å². The molecule has 1 amide bonds. The summed E-state index contributed by atoms with van der Waals surface area (Å²) in [6.07, 6.45) is 0. The molecule has 10 heteroatoms. The maximum absolute atomic E-state index is 13.0. The quantitative estimate of drug-likeness (QED) is 0.252. The highest BCUT2D eigenvalue weighted by atomic mass is 35.5. The Morgan fingerprint density at radius 1 is 0.821 bits per heavy atom. The van der Waals surface area contributed by atoms with E-state index in [0.717, 1.165) is 30.2 Å². The van der Waals surface area contributed by atoms with Crippen LogP contribution in [0.1, 0.15) is 11.1 Å². The van der Waals surface area contributed by atoms with E-state index in [1.807, 2.05) is 91.5 Å². The molecule has 4 aromatic rings. The lowest BCUT2D eigenvalue weighted by molar-refractivity contribution is -0.128. The van der Waals surface area contributed by atoms with Gasteiger partial charge in [-0.05, 0) is 56.3 Å². The largest absolute Gasteiger partial charge is 0.368 e. The van der Waals surface area contributed by atoms with E-state index in [4.69, 9.17) is 11.6 Å². The van der Waals surface area contributed by atoms with Crippen LogP contribution in [0.4, 0.5) is 29.0 Å². The van der Waals surface area contributed by atoms with Crippen LogP contribution in [0.25, 0.3) is 0 Å². The fourth-order valence-corrected chi connectivity index (χ4v) is 5.09. The van der Waals surface area contributed by atoms with Crippen molar-refractivity contribution in [3.05, 3.63) is 88.9 Å². The summed E-state index contributed by atoms with van der Waals surface area (Å²) in [5, 5.41) is 7.70. The lowest BCUT2D eigenvalue weighted by Crippen LogP contribution is -2.49. The summed E-state index contributed by atoms with van der Waals surface area (Å²) in [6.45, 7) is 6.92. The smallest absolute Gasteiger partial charge is 0.233 e. The van der Waals surface area contributed by atoms with Crippen LogP contribution in [0.15, 0.2) is 78.0 Å². The summed E-state index contributed by atoms with van der Waals surface area (Å²) in [6, 6.07) is 23.8. The minimum atomic E-state index is 0.0623. The number of hydrogen-bond donors (Lipinski definition) is 2. The second-order valence-electron chi connectivity index (χ2n) is 9.38. The van der Waals surface area contributed by atoms with Gasteiger partial charge in [-0.15, -0.1) is 0 Å². The molecule has 0 saturated carbocycles. The van der Waals surface area contributed by atoms with E-state index in [-0.39, 0.29) is 11.7 Å². The summed E-state index contributed by atoms with van der Waals surface area (Å²) >= 11 is 7.46. The number of amides is 1. The number of carbonyl (C=O) groups excluding carboxylic acids is 1. The van der Waals surface area contributed by atoms with Gasteiger partial charge in [0, 0.05) is 48.3 Å². The van der Waals surface area contributed by atoms with Gasteiger partial charge in [0.05, 0.1) is 5.75 Å². The number of nitrogens with one attached hydrogen (secondary N) is 2. The molecule has 3 aromatic carbocycles. The van der Waals surface area contributed by atoms with Crippen molar-refractivity contribution in [2.24, 2.45) is 0 Å². The lowest BCUT2D eigenvalue weighted by atomic mass is 10.2. The molecule has 0 radical (unpaired) electrons. The molecule has 0 unspecified atom stereocenters. The maximum Gasteiger partial charge on any atom is 0.233 e. The Labute approximate surface area is 237 Å². The number of aryl methyl sites for hydroxylation is 2. The maximum atomic E-state index is 13.0. The molecule has 0 bridgehead atoms. The molecule has 1 aliphatic heterocycles. The molecule has 1 fully saturated rings. The van der Waals surface area contributed by atoms with Crippen molar-refractivity contribution in [3.63, 3.8) is 0 Å². The van der Waals surface area contributed by atoms with E-state index in [1.165, 1.54) is 22.9 Å². The third kappa shape index (κ3) is 7.40. The standard InChI is InChI=1S/C29H30ClN7OS/c1-20-6-10-23(11-7-20)31-27-33-28(32-24-12-8-21(2)9-13-24)35-29(34-27)39-19-26(38)37-16-14-36(15-17-37)25-5-3-4-22(30)18-25/h3-13,18H,14-17,19H2,1-2H3,(H2,31,32,33,34,35). The summed E-state index contributed by atoms with van der Waals surface area (Å²) in [7, 11) is 0. The number of halogens is 1. The third-order valence-electron chi connectivity index (χ3n) is 6.36. The summed E-state index contributed by atoms with van der Waals surface area (Å²) < 4.78 is 0. The average molecular weight is 560 g/mol. The molecule has 2 N–H and O–H groups in total. The predicted molar refractivity (Wildman–Crippen MR) is 160 cm³/mol. The first-order valence-corrected chi connectivity index (χ1v) is 14.1. The second-order valence-corrected chi connectivity index (χ2v) is 10.8. The Morgan fingerprint density at radius 2 is 1.38 bits per heavy atom. The number of aromatic nitrogens is 3. The van der Waals surface area contributed by atoms with Gasteiger partial charge >= 0.3 is 0 Å². The van der Waals surface area contributed by atoms with Gasteiger partial charge in [-0.3, -0.25) is 4.79 Å². The highest BCUT2D eigenvalue weighted by molar-refractivity contribution is 7.99. The Hall–Kier alpha value is -3.82. The number of anilines is 5. The number of rotatable bonds is 8. The van der Waals surface area contributed by atoms with Crippen molar-refractivity contribution in [3.8, 4) is 0 Å². The van der Waals surface area contributed by atoms with E-state index in [9.17, 15) is 4.79 Å².